The summed E-state index contributed by atoms with van der Waals surface area (Å²) < 4.78 is 33.4. The van der Waals surface area contributed by atoms with Crippen LogP contribution >= 0.6 is 11.3 Å². The van der Waals surface area contributed by atoms with Crippen molar-refractivity contribution in [1.29, 1.82) is 0 Å². The Morgan fingerprint density at radius 1 is 1.29 bits per heavy atom. The normalized spacial score (nSPS) is 20.6. The number of fused-ring (bicyclic) bond motifs is 1. The molecule has 0 spiro atoms. The van der Waals surface area contributed by atoms with E-state index in [0.29, 0.717) is 28.7 Å². The first-order valence-electron chi connectivity index (χ1n) is 7.30. The summed E-state index contributed by atoms with van der Waals surface area (Å²) in [7, 11) is 0. The summed E-state index contributed by atoms with van der Waals surface area (Å²) in [6.45, 7) is 0.490. The highest BCUT2D eigenvalue weighted by atomic mass is 32.1. The van der Waals surface area contributed by atoms with E-state index in [1.54, 1.807) is 0 Å². The maximum Gasteiger partial charge on any atom is 0.275 e. The largest absolute Gasteiger partial charge is 0.371 e. The third-order valence-electron chi connectivity index (χ3n) is 3.84. The van der Waals surface area contributed by atoms with Crippen molar-refractivity contribution in [2.24, 2.45) is 0 Å². The van der Waals surface area contributed by atoms with Crippen molar-refractivity contribution in [2.75, 3.05) is 11.9 Å². The van der Waals surface area contributed by atoms with Crippen LogP contribution in [0, 0.1) is 11.6 Å². The SMILES string of the molecule is O=c1ccnc2sc(NC3CCOC3c3ccc(F)c(F)c3)nn12. The Balaban J connectivity index is 1.61. The summed E-state index contributed by atoms with van der Waals surface area (Å²) >= 11 is 1.24. The maximum atomic E-state index is 13.5. The lowest BCUT2D eigenvalue weighted by Gasteiger charge is -2.19. The molecule has 2 aromatic heterocycles. The number of nitrogens with zero attached hydrogens (tertiary/aromatic N) is 3. The molecule has 9 heteroatoms. The van der Waals surface area contributed by atoms with Crippen LogP contribution in [0.2, 0.25) is 0 Å². The Labute approximate surface area is 138 Å². The van der Waals surface area contributed by atoms with E-state index in [9.17, 15) is 13.6 Å². The van der Waals surface area contributed by atoms with Crippen LogP contribution in [0.3, 0.4) is 0 Å². The second kappa shape index (κ2) is 5.91. The minimum Gasteiger partial charge on any atom is -0.371 e. The predicted octanol–water partition coefficient (Wildman–Crippen LogP) is 2.37. The molecule has 0 saturated carbocycles. The topological polar surface area (TPSA) is 68.5 Å². The van der Waals surface area contributed by atoms with Gasteiger partial charge in [-0.1, -0.05) is 17.4 Å². The fourth-order valence-corrected chi connectivity index (χ4v) is 3.55. The van der Waals surface area contributed by atoms with Crippen LogP contribution in [-0.2, 0) is 4.74 Å². The van der Waals surface area contributed by atoms with Crippen LogP contribution in [0.15, 0.2) is 35.3 Å². The minimum atomic E-state index is -0.905. The van der Waals surface area contributed by atoms with Crippen molar-refractivity contribution in [1.82, 2.24) is 14.6 Å². The van der Waals surface area contributed by atoms with E-state index in [1.807, 2.05) is 0 Å². The monoisotopic (exact) mass is 350 g/mol. The lowest BCUT2D eigenvalue weighted by molar-refractivity contribution is 0.107. The average molecular weight is 350 g/mol. The van der Waals surface area contributed by atoms with E-state index in [4.69, 9.17) is 4.74 Å². The molecule has 1 N–H and O–H groups in total. The molecule has 1 aromatic carbocycles. The Morgan fingerprint density at radius 2 is 2.17 bits per heavy atom. The molecule has 3 heterocycles. The van der Waals surface area contributed by atoms with Gasteiger partial charge < -0.3 is 10.1 Å². The van der Waals surface area contributed by atoms with Crippen LogP contribution in [0.5, 0.6) is 0 Å². The zero-order valence-corrected chi connectivity index (χ0v) is 13.1. The van der Waals surface area contributed by atoms with Gasteiger partial charge in [-0.25, -0.2) is 13.8 Å². The van der Waals surface area contributed by atoms with Gasteiger partial charge in [0.1, 0.15) is 6.10 Å². The summed E-state index contributed by atoms with van der Waals surface area (Å²) in [4.78, 5) is 16.3. The Kier molecular flexibility index (Phi) is 3.73. The van der Waals surface area contributed by atoms with Crippen LogP contribution in [0.25, 0.3) is 4.96 Å². The number of benzene rings is 1. The van der Waals surface area contributed by atoms with Crippen molar-refractivity contribution in [3.8, 4) is 0 Å². The number of hydrogen-bond acceptors (Lipinski definition) is 6. The molecule has 0 radical (unpaired) electrons. The van der Waals surface area contributed by atoms with Crippen LogP contribution in [-0.4, -0.2) is 27.2 Å². The van der Waals surface area contributed by atoms with Crippen molar-refractivity contribution < 1.29 is 13.5 Å². The van der Waals surface area contributed by atoms with Gasteiger partial charge in [-0.3, -0.25) is 4.79 Å². The first-order chi connectivity index (χ1) is 11.6. The Hall–Kier alpha value is -2.39. The van der Waals surface area contributed by atoms with Crippen molar-refractivity contribution in [2.45, 2.75) is 18.6 Å². The molecule has 2 atom stereocenters. The van der Waals surface area contributed by atoms with Crippen LogP contribution in [0.4, 0.5) is 13.9 Å². The summed E-state index contributed by atoms with van der Waals surface area (Å²) in [5, 5.41) is 7.92. The average Bonchev–Trinajstić information content (AvgIpc) is 3.18. The van der Waals surface area contributed by atoms with Gasteiger partial charge in [0.25, 0.3) is 5.56 Å². The van der Waals surface area contributed by atoms with Crippen molar-refractivity contribution in [3.63, 3.8) is 0 Å². The summed E-state index contributed by atoms with van der Waals surface area (Å²) in [5.41, 5.74) is 0.296. The molecule has 1 fully saturated rings. The molecule has 6 nitrogen and oxygen atoms in total. The molecule has 3 aromatic rings. The third-order valence-corrected chi connectivity index (χ3v) is 4.70. The number of rotatable bonds is 3. The van der Waals surface area contributed by atoms with Gasteiger partial charge in [0.15, 0.2) is 11.6 Å². The number of halogens is 2. The van der Waals surface area contributed by atoms with Gasteiger partial charge >= 0.3 is 0 Å². The van der Waals surface area contributed by atoms with Gasteiger partial charge in [0.2, 0.25) is 10.1 Å². The van der Waals surface area contributed by atoms with Crippen LogP contribution < -0.4 is 10.9 Å². The number of anilines is 1. The fraction of sp³-hybridized carbons (Fsp3) is 0.267. The molecule has 0 bridgehead atoms. The first-order valence-corrected chi connectivity index (χ1v) is 8.11. The van der Waals surface area contributed by atoms with Crippen LogP contribution in [0.1, 0.15) is 18.1 Å². The van der Waals surface area contributed by atoms with E-state index in [1.165, 1.54) is 34.2 Å². The quantitative estimate of drug-likeness (QED) is 0.785. The van der Waals surface area contributed by atoms with E-state index in [0.717, 1.165) is 12.1 Å². The highest BCUT2D eigenvalue weighted by Gasteiger charge is 2.31. The standard InChI is InChI=1S/C15H12F2N4O2S/c16-9-2-1-8(7-10(9)17)13-11(4-6-23-13)19-14-20-21-12(22)3-5-18-15(21)24-14/h1-3,5,7,11,13H,4,6H2,(H,19,20). The Bertz CT molecular complexity index is 958. The number of nitrogens with one attached hydrogen (secondary N) is 1. The predicted molar refractivity (Wildman–Crippen MR) is 84.2 cm³/mol. The number of hydrogen-bond donors (Lipinski definition) is 1. The Morgan fingerprint density at radius 3 is 2.96 bits per heavy atom. The molecule has 1 aliphatic rings. The minimum absolute atomic E-state index is 0.161. The zero-order valence-electron chi connectivity index (χ0n) is 12.3. The van der Waals surface area contributed by atoms with E-state index in [2.05, 4.69) is 15.4 Å². The van der Waals surface area contributed by atoms with Gasteiger partial charge in [-0.15, -0.1) is 5.10 Å². The molecule has 0 amide bonds. The van der Waals surface area contributed by atoms with E-state index in [-0.39, 0.29) is 11.6 Å². The van der Waals surface area contributed by atoms with E-state index < -0.39 is 17.7 Å². The van der Waals surface area contributed by atoms with E-state index >= 15 is 0 Å². The molecule has 124 valence electrons. The van der Waals surface area contributed by atoms with Gasteiger partial charge in [-0.2, -0.15) is 4.52 Å². The third kappa shape index (κ3) is 2.65. The lowest BCUT2D eigenvalue weighted by atomic mass is 10.0. The summed E-state index contributed by atoms with van der Waals surface area (Å²) in [6.07, 6.45) is 1.70. The van der Waals surface area contributed by atoms with Crippen molar-refractivity contribution >= 4 is 21.4 Å². The number of ether oxygens (including phenoxy) is 1. The highest BCUT2D eigenvalue weighted by molar-refractivity contribution is 7.20. The van der Waals surface area contributed by atoms with Gasteiger partial charge in [0.05, 0.1) is 6.04 Å². The zero-order chi connectivity index (χ0) is 16.7. The fourth-order valence-electron chi connectivity index (χ4n) is 2.72. The second-order valence-corrected chi connectivity index (χ2v) is 6.35. The number of aromatic nitrogens is 3. The highest BCUT2D eigenvalue weighted by Crippen LogP contribution is 2.32. The second-order valence-electron chi connectivity index (χ2n) is 5.39. The first kappa shape index (κ1) is 15.2. The smallest absolute Gasteiger partial charge is 0.275 e. The van der Waals surface area contributed by atoms with Gasteiger partial charge in [0, 0.05) is 18.9 Å². The molecule has 4 rings (SSSR count). The molecule has 24 heavy (non-hydrogen) atoms. The maximum absolute atomic E-state index is 13.5. The molecular formula is C15H12F2N4O2S. The lowest BCUT2D eigenvalue weighted by Crippen LogP contribution is -2.23. The summed E-state index contributed by atoms with van der Waals surface area (Å²) in [5.74, 6) is -1.80. The molecular weight excluding hydrogens is 338 g/mol. The molecule has 1 aliphatic heterocycles. The van der Waals surface area contributed by atoms with Crippen molar-refractivity contribution in [3.05, 3.63) is 58.0 Å². The molecule has 2 unspecified atom stereocenters. The van der Waals surface area contributed by atoms with Gasteiger partial charge in [-0.05, 0) is 24.1 Å². The molecule has 0 aliphatic carbocycles. The molecule has 1 saturated heterocycles. The summed E-state index contributed by atoms with van der Waals surface area (Å²) in [6, 6.07) is 4.91.